The van der Waals surface area contributed by atoms with Gasteiger partial charge in [-0.1, -0.05) is 6.92 Å². The molecule has 104 valence electrons. The Balaban J connectivity index is 2.52. The molecule has 1 atom stereocenters. The van der Waals surface area contributed by atoms with Crippen molar-refractivity contribution >= 4 is 5.91 Å². The van der Waals surface area contributed by atoms with Crippen LogP contribution in [0.2, 0.25) is 0 Å². The zero-order valence-electron chi connectivity index (χ0n) is 11.6. The fraction of sp³-hybridized carbons (Fsp3) is 0.571. The highest BCUT2D eigenvalue weighted by molar-refractivity contribution is 5.75. The van der Waals surface area contributed by atoms with Crippen LogP contribution in [-0.2, 0) is 11.3 Å². The number of carbonyl (C=O) groups excluding carboxylic acids is 1. The first-order valence-electron chi connectivity index (χ1n) is 6.71. The molecule has 5 nitrogen and oxygen atoms in total. The first-order chi connectivity index (χ1) is 9.19. The molecule has 1 amide bonds. The quantitative estimate of drug-likeness (QED) is 0.699. The number of amides is 1. The zero-order valence-corrected chi connectivity index (χ0v) is 11.6. The van der Waals surface area contributed by atoms with Gasteiger partial charge in [0.1, 0.15) is 6.54 Å². The van der Waals surface area contributed by atoms with Crippen LogP contribution in [0, 0.1) is 11.3 Å². The van der Waals surface area contributed by atoms with Gasteiger partial charge in [-0.3, -0.25) is 4.79 Å². The van der Waals surface area contributed by atoms with Gasteiger partial charge in [0.2, 0.25) is 5.91 Å². The van der Waals surface area contributed by atoms with E-state index in [1.165, 1.54) is 0 Å². The summed E-state index contributed by atoms with van der Waals surface area (Å²) in [5.74, 6) is -0.0598. The van der Waals surface area contributed by atoms with Gasteiger partial charge in [0, 0.05) is 24.5 Å². The third-order valence-corrected chi connectivity index (χ3v) is 2.88. The van der Waals surface area contributed by atoms with E-state index in [1.54, 1.807) is 0 Å². The lowest BCUT2D eigenvalue weighted by Gasteiger charge is -2.16. The SMILES string of the molecule is CCCNC(C)c1cccn1CC(=O)NCCC#N. The molecule has 1 aromatic heterocycles. The Kier molecular flexibility index (Phi) is 6.69. The van der Waals surface area contributed by atoms with E-state index in [1.807, 2.05) is 29.0 Å². The van der Waals surface area contributed by atoms with Crippen LogP contribution in [0.5, 0.6) is 0 Å². The third-order valence-electron chi connectivity index (χ3n) is 2.88. The summed E-state index contributed by atoms with van der Waals surface area (Å²) in [6, 6.07) is 6.20. The number of hydrogen-bond acceptors (Lipinski definition) is 3. The molecule has 0 bridgehead atoms. The van der Waals surface area contributed by atoms with Gasteiger partial charge in [-0.05, 0) is 32.0 Å². The van der Waals surface area contributed by atoms with Crippen molar-refractivity contribution in [2.75, 3.05) is 13.1 Å². The van der Waals surface area contributed by atoms with E-state index in [-0.39, 0.29) is 11.9 Å². The summed E-state index contributed by atoms with van der Waals surface area (Å²) in [7, 11) is 0. The Morgan fingerprint density at radius 1 is 1.53 bits per heavy atom. The number of carbonyl (C=O) groups is 1. The Labute approximate surface area is 114 Å². The lowest BCUT2D eigenvalue weighted by Crippen LogP contribution is -2.30. The summed E-state index contributed by atoms with van der Waals surface area (Å²) in [4.78, 5) is 11.7. The molecule has 5 heteroatoms. The Morgan fingerprint density at radius 2 is 2.32 bits per heavy atom. The Hall–Kier alpha value is -1.80. The van der Waals surface area contributed by atoms with Crippen molar-refractivity contribution in [2.45, 2.75) is 39.3 Å². The van der Waals surface area contributed by atoms with Crippen molar-refractivity contribution in [2.24, 2.45) is 0 Å². The van der Waals surface area contributed by atoms with Gasteiger partial charge in [0.05, 0.1) is 12.5 Å². The monoisotopic (exact) mass is 262 g/mol. The molecule has 0 aliphatic carbocycles. The highest BCUT2D eigenvalue weighted by Gasteiger charge is 2.11. The minimum Gasteiger partial charge on any atom is -0.354 e. The molecule has 0 spiro atoms. The standard InChI is InChI=1S/C14H22N4O/c1-3-8-16-12(2)13-6-4-10-18(13)11-14(19)17-9-5-7-15/h4,6,10,12,16H,3,5,8-9,11H2,1-2H3,(H,17,19). The highest BCUT2D eigenvalue weighted by atomic mass is 16.1. The summed E-state index contributed by atoms with van der Waals surface area (Å²) in [6.07, 6.45) is 3.34. The average Bonchev–Trinajstić information content (AvgIpc) is 2.84. The van der Waals surface area contributed by atoms with Gasteiger partial charge in [0.15, 0.2) is 0 Å². The van der Waals surface area contributed by atoms with Crippen molar-refractivity contribution in [3.8, 4) is 6.07 Å². The van der Waals surface area contributed by atoms with Gasteiger partial charge in [-0.15, -0.1) is 0 Å². The van der Waals surface area contributed by atoms with E-state index in [0.717, 1.165) is 18.7 Å². The maximum atomic E-state index is 11.7. The summed E-state index contributed by atoms with van der Waals surface area (Å²) in [6.45, 7) is 5.89. The molecular formula is C14H22N4O. The van der Waals surface area contributed by atoms with E-state index in [9.17, 15) is 4.79 Å². The fourth-order valence-corrected chi connectivity index (χ4v) is 1.90. The van der Waals surface area contributed by atoms with E-state index in [2.05, 4.69) is 24.5 Å². The number of rotatable bonds is 8. The maximum Gasteiger partial charge on any atom is 0.239 e. The number of nitriles is 1. The second-order valence-electron chi connectivity index (χ2n) is 4.49. The molecule has 2 N–H and O–H groups in total. The number of nitrogens with zero attached hydrogens (tertiary/aromatic N) is 2. The molecule has 0 aliphatic rings. The topological polar surface area (TPSA) is 69.8 Å². The number of nitrogens with one attached hydrogen (secondary N) is 2. The molecule has 1 unspecified atom stereocenters. The molecular weight excluding hydrogens is 240 g/mol. The zero-order chi connectivity index (χ0) is 14.1. The van der Waals surface area contributed by atoms with Crippen LogP contribution in [0.1, 0.15) is 38.4 Å². The molecule has 0 aliphatic heterocycles. The first kappa shape index (κ1) is 15.3. The summed E-state index contributed by atoms with van der Waals surface area (Å²) >= 11 is 0. The van der Waals surface area contributed by atoms with Gasteiger partial charge in [-0.25, -0.2) is 0 Å². The number of aromatic nitrogens is 1. The Morgan fingerprint density at radius 3 is 3.00 bits per heavy atom. The predicted octanol–water partition coefficient (Wildman–Crippen LogP) is 1.58. The largest absolute Gasteiger partial charge is 0.354 e. The van der Waals surface area contributed by atoms with Crippen molar-refractivity contribution in [3.63, 3.8) is 0 Å². The second-order valence-corrected chi connectivity index (χ2v) is 4.49. The number of hydrogen-bond donors (Lipinski definition) is 2. The molecule has 19 heavy (non-hydrogen) atoms. The lowest BCUT2D eigenvalue weighted by atomic mass is 10.2. The van der Waals surface area contributed by atoms with Crippen molar-refractivity contribution in [1.82, 2.24) is 15.2 Å². The van der Waals surface area contributed by atoms with Crippen LogP contribution >= 0.6 is 0 Å². The normalized spacial score (nSPS) is 11.8. The molecule has 1 heterocycles. The van der Waals surface area contributed by atoms with Gasteiger partial charge < -0.3 is 15.2 Å². The van der Waals surface area contributed by atoms with Crippen LogP contribution < -0.4 is 10.6 Å². The minimum atomic E-state index is -0.0598. The molecule has 0 radical (unpaired) electrons. The fourth-order valence-electron chi connectivity index (χ4n) is 1.90. The summed E-state index contributed by atoms with van der Waals surface area (Å²) < 4.78 is 1.94. The lowest BCUT2D eigenvalue weighted by molar-refractivity contribution is -0.121. The third kappa shape index (κ3) is 5.14. The molecule has 0 aromatic carbocycles. The van der Waals surface area contributed by atoms with Crippen molar-refractivity contribution in [3.05, 3.63) is 24.0 Å². The van der Waals surface area contributed by atoms with Crippen LogP contribution in [0.3, 0.4) is 0 Å². The van der Waals surface area contributed by atoms with Crippen LogP contribution in [0.25, 0.3) is 0 Å². The summed E-state index contributed by atoms with van der Waals surface area (Å²) in [5.41, 5.74) is 1.10. The van der Waals surface area contributed by atoms with Crippen molar-refractivity contribution < 1.29 is 4.79 Å². The molecule has 0 saturated heterocycles. The van der Waals surface area contributed by atoms with E-state index >= 15 is 0 Å². The second kappa shape index (κ2) is 8.33. The molecule has 0 fully saturated rings. The smallest absolute Gasteiger partial charge is 0.239 e. The van der Waals surface area contributed by atoms with E-state index in [4.69, 9.17) is 5.26 Å². The maximum absolute atomic E-state index is 11.7. The van der Waals surface area contributed by atoms with E-state index in [0.29, 0.717) is 19.5 Å². The van der Waals surface area contributed by atoms with Crippen LogP contribution in [0.4, 0.5) is 0 Å². The van der Waals surface area contributed by atoms with Crippen molar-refractivity contribution in [1.29, 1.82) is 5.26 Å². The van der Waals surface area contributed by atoms with Gasteiger partial charge >= 0.3 is 0 Å². The van der Waals surface area contributed by atoms with Gasteiger partial charge in [-0.2, -0.15) is 5.26 Å². The highest BCUT2D eigenvalue weighted by Crippen LogP contribution is 2.13. The first-order valence-corrected chi connectivity index (χ1v) is 6.71. The minimum absolute atomic E-state index is 0.0598. The molecule has 0 saturated carbocycles. The van der Waals surface area contributed by atoms with Crippen LogP contribution in [-0.4, -0.2) is 23.6 Å². The average molecular weight is 262 g/mol. The summed E-state index contributed by atoms with van der Waals surface area (Å²) in [5, 5.41) is 14.6. The van der Waals surface area contributed by atoms with Gasteiger partial charge in [0.25, 0.3) is 0 Å². The molecule has 1 rings (SSSR count). The predicted molar refractivity (Wildman–Crippen MR) is 74.4 cm³/mol. The van der Waals surface area contributed by atoms with E-state index < -0.39 is 0 Å². The Bertz CT molecular complexity index is 433. The molecule has 1 aromatic rings. The van der Waals surface area contributed by atoms with Crippen LogP contribution in [0.15, 0.2) is 18.3 Å².